The van der Waals surface area contributed by atoms with E-state index in [1.807, 2.05) is 36.5 Å². The number of nitrogens with one attached hydrogen (secondary N) is 1. The van der Waals surface area contributed by atoms with Crippen LogP contribution in [0.5, 0.6) is 0 Å². The minimum atomic E-state index is -0.164. The van der Waals surface area contributed by atoms with Gasteiger partial charge in [-0.05, 0) is 53.5 Å². The molecule has 0 saturated heterocycles. The number of hydrogen-bond acceptors (Lipinski definition) is 2. The van der Waals surface area contributed by atoms with Crippen molar-refractivity contribution in [3.05, 3.63) is 101 Å². The standard InChI is InChI=1S/C24H24N2O/c27-23(16-18-12-13-19-7-4-5-10-21(19)15-18)26-24(20-8-2-1-3-9-20)22-11-6-14-25-17-22/h1-11,14,17-18,24H,12-13,15-16H2,(H,26,27). The lowest BCUT2D eigenvalue weighted by Crippen LogP contribution is -2.32. The molecular weight excluding hydrogens is 332 g/mol. The second kappa shape index (κ2) is 8.17. The number of amides is 1. The number of carbonyl (C=O) groups is 1. The van der Waals surface area contributed by atoms with E-state index in [4.69, 9.17) is 0 Å². The lowest BCUT2D eigenvalue weighted by molar-refractivity contribution is -0.122. The predicted molar refractivity (Wildman–Crippen MR) is 107 cm³/mol. The van der Waals surface area contributed by atoms with Crippen LogP contribution in [0.2, 0.25) is 0 Å². The molecule has 0 bridgehead atoms. The van der Waals surface area contributed by atoms with Crippen molar-refractivity contribution < 1.29 is 4.79 Å². The first-order chi connectivity index (χ1) is 13.3. The normalized spacial score (nSPS) is 17.0. The monoisotopic (exact) mass is 356 g/mol. The summed E-state index contributed by atoms with van der Waals surface area (Å²) in [6.45, 7) is 0. The van der Waals surface area contributed by atoms with E-state index in [1.54, 1.807) is 6.20 Å². The van der Waals surface area contributed by atoms with Gasteiger partial charge in [0.1, 0.15) is 0 Å². The Kier molecular flexibility index (Phi) is 5.29. The minimum Gasteiger partial charge on any atom is -0.345 e. The summed E-state index contributed by atoms with van der Waals surface area (Å²) >= 11 is 0. The number of carbonyl (C=O) groups excluding carboxylic acids is 1. The zero-order chi connectivity index (χ0) is 18.5. The Morgan fingerprint density at radius 1 is 0.963 bits per heavy atom. The number of hydrogen-bond donors (Lipinski definition) is 1. The van der Waals surface area contributed by atoms with Crippen LogP contribution in [-0.4, -0.2) is 10.9 Å². The van der Waals surface area contributed by atoms with Crippen molar-refractivity contribution in [1.29, 1.82) is 0 Å². The molecular formula is C24H24N2O. The molecule has 1 amide bonds. The van der Waals surface area contributed by atoms with Gasteiger partial charge in [0.2, 0.25) is 5.91 Å². The molecule has 27 heavy (non-hydrogen) atoms. The minimum absolute atomic E-state index is 0.108. The summed E-state index contributed by atoms with van der Waals surface area (Å²) in [5.41, 5.74) is 4.92. The van der Waals surface area contributed by atoms with Crippen LogP contribution in [0.3, 0.4) is 0 Å². The highest BCUT2D eigenvalue weighted by molar-refractivity contribution is 5.77. The number of rotatable bonds is 5. The highest BCUT2D eigenvalue weighted by Gasteiger charge is 2.23. The van der Waals surface area contributed by atoms with Gasteiger partial charge >= 0.3 is 0 Å². The summed E-state index contributed by atoms with van der Waals surface area (Å²) in [6, 6.07) is 22.5. The SMILES string of the molecule is O=C(CC1CCc2ccccc2C1)NC(c1ccccc1)c1cccnc1. The Hall–Kier alpha value is -2.94. The zero-order valence-electron chi connectivity index (χ0n) is 15.3. The molecule has 4 rings (SSSR count). The molecule has 1 aromatic heterocycles. The molecule has 1 aliphatic carbocycles. The Bertz CT molecular complexity index is 853. The lowest BCUT2D eigenvalue weighted by atomic mass is 9.82. The molecule has 3 heteroatoms. The van der Waals surface area contributed by atoms with Crippen molar-refractivity contribution in [2.75, 3.05) is 0 Å². The fourth-order valence-corrected chi connectivity index (χ4v) is 3.98. The van der Waals surface area contributed by atoms with Crippen LogP contribution >= 0.6 is 0 Å². The number of aryl methyl sites for hydroxylation is 1. The van der Waals surface area contributed by atoms with Gasteiger partial charge in [0.15, 0.2) is 0 Å². The van der Waals surface area contributed by atoms with Gasteiger partial charge in [0, 0.05) is 18.8 Å². The summed E-state index contributed by atoms with van der Waals surface area (Å²) < 4.78 is 0. The Balaban J connectivity index is 1.46. The van der Waals surface area contributed by atoms with Gasteiger partial charge in [-0.3, -0.25) is 9.78 Å². The molecule has 0 spiro atoms. The quantitative estimate of drug-likeness (QED) is 0.732. The first-order valence-corrected chi connectivity index (χ1v) is 9.60. The molecule has 3 nitrogen and oxygen atoms in total. The van der Waals surface area contributed by atoms with Crippen LogP contribution in [0.4, 0.5) is 0 Å². The molecule has 2 atom stereocenters. The molecule has 1 aliphatic rings. The van der Waals surface area contributed by atoms with Crippen molar-refractivity contribution in [2.24, 2.45) is 5.92 Å². The first-order valence-electron chi connectivity index (χ1n) is 9.60. The molecule has 0 radical (unpaired) electrons. The summed E-state index contributed by atoms with van der Waals surface area (Å²) in [5.74, 6) is 0.516. The maximum atomic E-state index is 12.8. The summed E-state index contributed by atoms with van der Waals surface area (Å²) in [4.78, 5) is 17.1. The van der Waals surface area contributed by atoms with Crippen molar-refractivity contribution in [3.8, 4) is 0 Å². The number of benzene rings is 2. The van der Waals surface area contributed by atoms with Gasteiger partial charge in [0.25, 0.3) is 0 Å². The van der Waals surface area contributed by atoms with Crippen LogP contribution in [0.15, 0.2) is 79.1 Å². The van der Waals surface area contributed by atoms with E-state index in [0.717, 1.165) is 30.4 Å². The molecule has 2 aromatic carbocycles. The van der Waals surface area contributed by atoms with E-state index in [-0.39, 0.29) is 11.9 Å². The van der Waals surface area contributed by atoms with E-state index in [1.165, 1.54) is 11.1 Å². The Morgan fingerprint density at radius 2 is 1.70 bits per heavy atom. The maximum absolute atomic E-state index is 12.8. The highest BCUT2D eigenvalue weighted by Crippen LogP contribution is 2.28. The van der Waals surface area contributed by atoms with Gasteiger partial charge in [0.05, 0.1) is 6.04 Å². The fourth-order valence-electron chi connectivity index (χ4n) is 3.98. The van der Waals surface area contributed by atoms with E-state index in [2.05, 4.69) is 46.7 Å². The molecule has 1 N–H and O–H groups in total. The number of nitrogens with zero attached hydrogens (tertiary/aromatic N) is 1. The van der Waals surface area contributed by atoms with Gasteiger partial charge in [-0.1, -0.05) is 60.7 Å². The van der Waals surface area contributed by atoms with Crippen LogP contribution < -0.4 is 5.32 Å². The number of fused-ring (bicyclic) bond motifs is 1. The average Bonchev–Trinajstić information content (AvgIpc) is 2.73. The fraction of sp³-hybridized carbons (Fsp3) is 0.250. The lowest BCUT2D eigenvalue weighted by Gasteiger charge is -2.25. The Labute approximate surface area is 160 Å². The van der Waals surface area contributed by atoms with Crippen molar-refractivity contribution in [1.82, 2.24) is 10.3 Å². The van der Waals surface area contributed by atoms with E-state index in [9.17, 15) is 4.79 Å². The van der Waals surface area contributed by atoms with Crippen molar-refractivity contribution >= 4 is 5.91 Å². The maximum Gasteiger partial charge on any atom is 0.221 e. The summed E-state index contributed by atoms with van der Waals surface area (Å²) in [6.07, 6.45) is 7.29. The molecule has 0 saturated carbocycles. The van der Waals surface area contributed by atoms with Gasteiger partial charge in [-0.15, -0.1) is 0 Å². The first kappa shape index (κ1) is 17.5. The number of aromatic nitrogens is 1. The van der Waals surface area contributed by atoms with Crippen LogP contribution in [0.1, 0.15) is 41.1 Å². The largest absolute Gasteiger partial charge is 0.345 e. The smallest absolute Gasteiger partial charge is 0.221 e. The van der Waals surface area contributed by atoms with Crippen LogP contribution in [0, 0.1) is 5.92 Å². The van der Waals surface area contributed by atoms with Gasteiger partial charge in [-0.2, -0.15) is 0 Å². The average molecular weight is 356 g/mol. The second-order valence-corrected chi connectivity index (χ2v) is 7.28. The van der Waals surface area contributed by atoms with E-state index < -0.39 is 0 Å². The third-order valence-electron chi connectivity index (χ3n) is 5.38. The van der Waals surface area contributed by atoms with Gasteiger partial charge in [-0.25, -0.2) is 0 Å². The molecule has 3 aromatic rings. The number of pyridine rings is 1. The van der Waals surface area contributed by atoms with Crippen molar-refractivity contribution in [3.63, 3.8) is 0 Å². The third-order valence-corrected chi connectivity index (χ3v) is 5.38. The van der Waals surface area contributed by atoms with Crippen LogP contribution in [0.25, 0.3) is 0 Å². The molecule has 0 fully saturated rings. The van der Waals surface area contributed by atoms with Gasteiger partial charge < -0.3 is 5.32 Å². The molecule has 2 unspecified atom stereocenters. The second-order valence-electron chi connectivity index (χ2n) is 7.28. The van der Waals surface area contributed by atoms with E-state index >= 15 is 0 Å². The highest BCUT2D eigenvalue weighted by atomic mass is 16.1. The predicted octanol–water partition coefficient (Wildman–Crippen LogP) is 4.48. The molecule has 136 valence electrons. The van der Waals surface area contributed by atoms with Crippen LogP contribution in [-0.2, 0) is 17.6 Å². The Morgan fingerprint density at radius 3 is 2.48 bits per heavy atom. The summed E-state index contributed by atoms with van der Waals surface area (Å²) in [5, 5.41) is 3.24. The molecule has 0 aliphatic heterocycles. The summed E-state index contributed by atoms with van der Waals surface area (Å²) in [7, 11) is 0. The van der Waals surface area contributed by atoms with E-state index in [0.29, 0.717) is 12.3 Å². The van der Waals surface area contributed by atoms with Crippen molar-refractivity contribution in [2.45, 2.75) is 31.7 Å². The molecule has 1 heterocycles. The zero-order valence-corrected chi connectivity index (χ0v) is 15.3. The third kappa shape index (κ3) is 4.25. The topological polar surface area (TPSA) is 42.0 Å².